The van der Waals surface area contributed by atoms with Gasteiger partial charge in [-0.25, -0.2) is 0 Å². The highest BCUT2D eigenvalue weighted by Gasteiger charge is 2.11. The molecule has 1 aromatic carbocycles. The van der Waals surface area contributed by atoms with Crippen LogP contribution in [0.2, 0.25) is 0 Å². The third kappa shape index (κ3) is 2.45. The number of benzene rings is 1. The number of aldehydes is 1. The average molecular weight is 220 g/mol. The van der Waals surface area contributed by atoms with Crippen LogP contribution in [0.25, 0.3) is 0 Å². The lowest BCUT2D eigenvalue weighted by molar-refractivity contribution is 0.111. The van der Waals surface area contributed by atoms with Crippen molar-refractivity contribution in [3.63, 3.8) is 0 Å². The Morgan fingerprint density at radius 3 is 2.38 bits per heavy atom. The van der Waals surface area contributed by atoms with Gasteiger partial charge in [0.25, 0.3) is 0 Å². The SMILES string of the molecule is C#CCOc1cc(OC)c(OC)cc1C=O. The highest BCUT2D eigenvalue weighted by molar-refractivity contribution is 5.81. The van der Waals surface area contributed by atoms with Gasteiger partial charge >= 0.3 is 0 Å². The van der Waals surface area contributed by atoms with Crippen LogP contribution in [0.15, 0.2) is 12.1 Å². The molecule has 0 N–H and O–H groups in total. The quantitative estimate of drug-likeness (QED) is 0.557. The van der Waals surface area contributed by atoms with E-state index in [0.29, 0.717) is 29.1 Å². The van der Waals surface area contributed by atoms with Crippen molar-refractivity contribution >= 4 is 6.29 Å². The van der Waals surface area contributed by atoms with Crippen LogP contribution in [0, 0.1) is 12.3 Å². The van der Waals surface area contributed by atoms with Crippen LogP contribution in [0.5, 0.6) is 17.2 Å². The van der Waals surface area contributed by atoms with Crippen molar-refractivity contribution in [2.24, 2.45) is 0 Å². The fraction of sp³-hybridized carbons (Fsp3) is 0.250. The van der Waals surface area contributed by atoms with E-state index < -0.39 is 0 Å². The third-order valence-electron chi connectivity index (χ3n) is 1.95. The molecule has 0 heterocycles. The summed E-state index contributed by atoms with van der Waals surface area (Å²) in [6.45, 7) is 0.0936. The zero-order valence-corrected chi connectivity index (χ0v) is 9.15. The van der Waals surface area contributed by atoms with Crippen molar-refractivity contribution in [3.05, 3.63) is 17.7 Å². The molecule has 0 saturated heterocycles. The number of hydrogen-bond donors (Lipinski definition) is 0. The van der Waals surface area contributed by atoms with Gasteiger partial charge in [0.1, 0.15) is 12.4 Å². The average Bonchev–Trinajstić information content (AvgIpc) is 2.35. The van der Waals surface area contributed by atoms with E-state index in [1.807, 2.05) is 0 Å². The summed E-state index contributed by atoms with van der Waals surface area (Å²) in [6.07, 6.45) is 5.75. The van der Waals surface area contributed by atoms with E-state index in [4.69, 9.17) is 20.6 Å². The van der Waals surface area contributed by atoms with Crippen LogP contribution in [-0.2, 0) is 0 Å². The van der Waals surface area contributed by atoms with Gasteiger partial charge in [0.15, 0.2) is 17.8 Å². The fourth-order valence-electron chi connectivity index (χ4n) is 1.21. The van der Waals surface area contributed by atoms with Crippen LogP contribution in [0.4, 0.5) is 0 Å². The number of rotatable bonds is 5. The van der Waals surface area contributed by atoms with E-state index in [-0.39, 0.29) is 6.61 Å². The standard InChI is InChI=1S/C12H12O4/c1-4-5-16-10-7-12(15-3)11(14-2)6-9(10)8-13/h1,6-8H,5H2,2-3H3. The number of terminal acetylenes is 1. The molecule has 0 bridgehead atoms. The minimum Gasteiger partial charge on any atom is -0.493 e. The van der Waals surface area contributed by atoms with E-state index in [1.165, 1.54) is 20.3 Å². The smallest absolute Gasteiger partial charge is 0.164 e. The summed E-state index contributed by atoms with van der Waals surface area (Å²) in [6, 6.07) is 3.11. The van der Waals surface area contributed by atoms with E-state index in [9.17, 15) is 4.79 Å². The molecule has 0 aromatic heterocycles. The van der Waals surface area contributed by atoms with E-state index in [1.54, 1.807) is 6.07 Å². The second-order valence-corrected chi connectivity index (χ2v) is 2.86. The van der Waals surface area contributed by atoms with Gasteiger partial charge in [-0.3, -0.25) is 4.79 Å². The molecule has 1 rings (SSSR count). The van der Waals surface area contributed by atoms with Gasteiger partial charge in [-0.15, -0.1) is 6.42 Å². The Labute approximate surface area is 94.1 Å². The van der Waals surface area contributed by atoms with Crippen molar-refractivity contribution in [2.75, 3.05) is 20.8 Å². The van der Waals surface area contributed by atoms with Gasteiger partial charge in [0.05, 0.1) is 19.8 Å². The summed E-state index contributed by atoms with van der Waals surface area (Å²) in [4.78, 5) is 10.8. The number of hydrogen-bond acceptors (Lipinski definition) is 4. The summed E-state index contributed by atoms with van der Waals surface area (Å²) in [5.74, 6) is 3.66. The zero-order chi connectivity index (χ0) is 12.0. The lowest BCUT2D eigenvalue weighted by atomic mass is 10.2. The van der Waals surface area contributed by atoms with Crippen LogP contribution >= 0.6 is 0 Å². The van der Waals surface area contributed by atoms with Crippen LogP contribution in [-0.4, -0.2) is 27.1 Å². The van der Waals surface area contributed by atoms with Crippen LogP contribution < -0.4 is 14.2 Å². The summed E-state index contributed by atoms with van der Waals surface area (Å²) < 4.78 is 15.4. The Balaban J connectivity index is 3.16. The van der Waals surface area contributed by atoms with E-state index >= 15 is 0 Å². The highest BCUT2D eigenvalue weighted by Crippen LogP contribution is 2.33. The number of carbonyl (C=O) groups excluding carboxylic acids is 1. The van der Waals surface area contributed by atoms with Gasteiger partial charge < -0.3 is 14.2 Å². The van der Waals surface area contributed by atoms with Gasteiger partial charge in [-0.2, -0.15) is 0 Å². The molecule has 0 aliphatic carbocycles. The number of methoxy groups -OCH3 is 2. The molecule has 1 aromatic rings. The Kier molecular flexibility index (Phi) is 4.22. The predicted molar refractivity (Wildman–Crippen MR) is 59.3 cm³/mol. The van der Waals surface area contributed by atoms with E-state index in [2.05, 4.69) is 5.92 Å². The highest BCUT2D eigenvalue weighted by atomic mass is 16.5. The van der Waals surface area contributed by atoms with Crippen LogP contribution in [0.1, 0.15) is 10.4 Å². The van der Waals surface area contributed by atoms with Gasteiger partial charge in [0.2, 0.25) is 0 Å². The van der Waals surface area contributed by atoms with Crippen molar-refractivity contribution in [1.82, 2.24) is 0 Å². The first kappa shape index (κ1) is 11.9. The molecule has 4 heteroatoms. The molecule has 84 valence electrons. The maximum absolute atomic E-state index is 10.8. The summed E-state index contributed by atoms with van der Waals surface area (Å²) in [5.41, 5.74) is 0.368. The van der Waals surface area contributed by atoms with E-state index in [0.717, 1.165) is 0 Å². The summed E-state index contributed by atoms with van der Waals surface area (Å²) in [7, 11) is 3.00. The Morgan fingerprint density at radius 2 is 1.88 bits per heavy atom. The first-order chi connectivity index (χ1) is 7.76. The molecule has 4 nitrogen and oxygen atoms in total. The molecule has 0 aliphatic rings. The molecule has 0 radical (unpaired) electrons. The number of carbonyl (C=O) groups is 1. The molecule has 0 amide bonds. The lowest BCUT2D eigenvalue weighted by Crippen LogP contribution is -2.00. The van der Waals surface area contributed by atoms with Crippen molar-refractivity contribution in [3.8, 4) is 29.6 Å². The topological polar surface area (TPSA) is 44.8 Å². The first-order valence-corrected chi connectivity index (χ1v) is 4.54. The molecular weight excluding hydrogens is 208 g/mol. The second kappa shape index (κ2) is 5.66. The summed E-state index contributed by atoms with van der Waals surface area (Å²) in [5, 5.41) is 0. The van der Waals surface area contributed by atoms with Gasteiger partial charge in [-0.1, -0.05) is 5.92 Å². The van der Waals surface area contributed by atoms with Gasteiger partial charge in [0, 0.05) is 6.07 Å². The normalized spacial score (nSPS) is 9.06. The van der Waals surface area contributed by atoms with Crippen molar-refractivity contribution in [2.45, 2.75) is 0 Å². The monoisotopic (exact) mass is 220 g/mol. The van der Waals surface area contributed by atoms with Crippen molar-refractivity contribution < 1.29 is 19.0 Å². The Morgan fingerprint density at radius 1 is 1.25 bits per heavy atom. The molecular formula is C12H12O4. The Hall–Kier alpha value is -2.15. The molecule has 0 fully saturated rings. The molecule has 0 unspecified atom stereocenters. The summed E-state index contributed by atoms with van der Waals surface area (Å²) >= 11 is 0. The first-order valence-electron chi connectivity index (χ1n) is 4.54. The lowest BCUT2D eigenvalue weighted by Gasteiger charge is -2.11. The molecule has 16 heavy (non-hydrogen) atoms. The molecule has 0 atom stereocenters. The minimum atomic E-state index is 0.0936. The largest absolute Gasteiger partial charge is 0.493 e. The maximum Gasteiger partial charge on any atom is 0.164 e. The van der Waals surface area contributed by atoms with Crippen molar-refractivity contribution in [1.29, 1.82) is 0 Å². The molecule has 0 aliphatic heterocycles. The van der Waals surface area contributed by atoms with Crippen LogP contribution in [0.3, 0.4) is 0 Å². The Bertz CT molecular complexity index is 418. The maximum atomic E-state index is 10.8. The fourth-order valence-corrected chi connectivity index (χ4v) is 1.21. The third-order valence-corrected chi connectivity index (χ3v) is 1.95. The number of ether oxygens (including phenoxy) is 3. The minimum absolute atomic E-state index is 0.0936. The molecule has 0 spiro atoms. The molecule has 0 saturated carbocycles. The zero-order valence-electron chi connectivity index (χ0n) is 9.15. The predicted octanol–water partition coefficient (Wildman–Crippen LogP) is 1.53. The second-order valence-electron chi connectivity index (χ2n) is 2.86. The van der Waals surface area contributed by atoms with Gasteiger partial charge in [-0.05, 0) is 6.07 Å².